The minimum atomic E-state index is -4.53. The molecule has 0 saturated carbocycles. The number of rotatable bonds is 8. The molecule has 1 saturated heterocycles. The van der Waals surface area contributed by atoms with E-state index < -0.39 is 29.8 Å². The Kier molecular flexibility index (Phi) is 8.75. The summed E-state index contributed by atoms with van der Waals surface area (Å²) < 4.78 is 44.7. The molecule has 2 aliphatic heterocycles. The number of hydrogen-bond donors (Lipinski definition) is 2. The van der Waals surface area contributed by atoms with Gasteiger partial charge in [0.1, 0.15) is 12.6 Å². The summed E-state index contributed by atoms with van der Waals surface area (Å²) in [5.74, 6) is -1.16. The van der Waals surface area contributed by atoms with E-state index in [0.717, 1.165) is 17.7 Å². The number of nitrogens with zero attached hydrogens (tertiary/aromatic N) is 1. The summed E-state index contributed by atoms with van der Waals surface area (Å²) in [4.78, 5) is 50.4. The van der Waals surface area contributed by atoms with Gasteiger partial charge < -0.3 is 15.0 Å². The first-order chi connectivity index (χ1) is 19.5. The molecular formula is C30H28F3N3O5. The first-order valence-electron chi connectivity index (χ1n) is 12.8. The van der Waals surface area contributed by atoms with Gasteiger partial charge in [0.05, 0.1) is 5.57 Å². The van der Waals surface area contributed by atoms with Crippen molar-refractivity contribution < 1.29 is 37.1 Å². The van der Waals surface area contributed by atoms with Gasteiger partial charge in [-0.3, -0.25) is 19.7 Å². The van der Waals surface area contributed by atoms with Crippen molar-refractivity contribution in [2.75, 3.05) is 0 Å². The Bertz CT molecular complexity index is 1460. The van der Waals surface area contributed by atoms with Crippen LogP contribution in [0.15, 0.2) is 72.8 Å². The fourth-order valence-corrected chi connectivity index (χ4v) is 4.68. The number of benzene rings is 2. The number of alkyl halides is 3. The second-order valence-electron chi connectivity index (χ2n) is 9.57. The zero-order valence-electron chi connectivity index (χ0n) is 22.2. The van der Waals surface area contributed by atoms with Crippen molar-refractivity contribution in [1.29, 1.82) is 0 Å². The molecular weight excluding hydrogens is 539 g/mol. The van der Waals surface area contributed by atoms with Crippen molar-refractivity contribution >= 4 is 29.4 Å². The standard InChI is InChI=1S/C30H28F3N3O5/c1-3-20(14-23(4-2)30(31,32)33)21-7-5-6-19(12-21)17-41-29(40)34-15-18-8-9-22-16-36(28(39)24(22)13-18)25-10-11-26(37)35-27(25)38/h3-9,12-14,25H,2,10-11,15-17H2,1H3,(H,34,40)(H,35,37,38)/b20-3+,23-14+. The quantitative estimate of drug-likeness (QED) is 0.347. The Morgan fingerprint density at radius 1 is 1.17 bits per heavy atom. The van der Waals surface area contributed by atoms with Gasteiger partial charge in [-0.05, 0) is 59.4 Å². The Balaban J connectivity index is 1.33. The van der Waals surface area contributed by atoms with Crippen molar-refractivity contribution in [3.63, 3.8) is 0 Å². The van der Waals surface area contributed by atoms with Crippen LogP contribution < -0.4 is 10.6 Å². The highest BCUT2D eigenvalue weighted by atomic mass is 19.4. The highest BCUT2D eigenvalue weighted by molar-refractivity contribution is 6.05. The average Bonchev–Trinajstić information content (AvgIpc) is 3.26. The molecule has 41 heavy (non-hydrogen) atoms. The highest BCUT2D eigenvalue weighted by Gasteiger charge is 2.39. The van der Waals surface area contributed by atoms with E-state index in [-0.39, 0.29) is 44.4 Å². The topological polar surface area (TPSA) is 105 Å². The minimum absolute atomic E-state index is 0.0765. The Morgan fingerprint density at radius 2 is 1.95 bits per heavy atom. The summed E-state index contributed by atoms with van der Waals surface area (Å²) in [6.07, 6.45) is -1.51. The lowest BCUT2D eigenvalue weighted by Gasteiger charge is -2.29. The van der Waals surface area contributed by atoms with E-state index in [2.05, 4.69) is 17.2 Å². The van der Waals surface area contributed by atoms with Crippen LogP contribution in [-0.4, -0.2) is 40.9 Å². The molecule has 0 radical (unpaired) electrons. The third-order valence-electron chi connectivity index (χ3n) is 6.83. The zero-order chi connectivity index (χ0) is 29.7. The maximum atomic E-state index is 13.1. The Labute approximate surface area is 234 Å². The SMILES string of the molecule is C=C/C(=C\C(=C/C)c1cccc(COC(=O)NCc2ccc3c(c2)C(=O)N(C2CCC(=O)NC2=O)C3)c1)C(F)(F)F. The van der Waals surface area contributed by atoms with Crippen LogP contribution in [0.3, 0.4) is 0 Å². The number of ether oxygens (including phenoxy) is 1. The van der Waals surface area contributed by atoms with Gasteiger partial charge in [-0.15, -0.1) is 0 Å². The predicted octanol–water partition coefficient (Wildman–Crippen LogP) is 4.95. The first kappa shape index (κ1) is 29.3. The number of piperidine rings is 1. The molecule has 8 nitrogen and oxygen atoms in total. The summed E-state index contributed by atoms with van der Waals surface area (Å²) in [5.41, 5.74) is 2.39. The van der Waals surface area contributed by atoms with Crippen LogP contribution in [0.2, 0.25) is 0 Å². The van der Waals surface area contributed by atoms with Crippen LogP contribution in [0.5, 0.6) is 0 Å². The van der Waals surface area contributed by atoms with Crippen LogP contribution in [0.4, 0.5) is 18.0 Å². The number of imide groups is 1. The molecule has 0 spiro atoms. The molecule has 0 aliphatic carbocycles. The molecule has 0 aromatic heterocycles. The van der Waals surface area contributed by atoms with Gasteiger partial charge in [0, 0.05) is 25.1 Å². The number of amides is 4. The molecule has 2 heterocycles. The Morgan fingerprint density at radius 3 is 2.63 bits per heavy atom. The fraction of sp³-hybridized carbons (Fsp3) is 0.267. The molecule has 2 aromatic carbocycles. The number of fused-ring (bicyclic) bond motifs is 1. The summed E-state index contributed by atoms with van der Waals surface area (Å²) in [5, 5.41) is 4.88. The minimum Gasteiger partial charge on any atom is -0.445 e. The van der Waals surface area contributed by atoms with E-state index >= 15 is 0 Å². The van der Waals surface area contributed by atoms with E-state index in [1.165, 1.54) is 4.90 Å². The molecule has 4 rings (SSSR count). The molecule has 1 atom stereocenters. The molecule has 1 unspecified atom stereocenters. The van der Waals surface area contributed by atoms with Crippen LogP contribution in [0.25, 0.3) is 5.57 Å². The maximum Gasteiger partial charge on any atom is 0.416 e. The monoisotopic (exact) mass is 567 g/mol. The largest absolute Gasteiger partial charge is 0.445 e. The van der Waals surface area contributed by atoms with Crippen LogP contribution in [-0.2, 0) is 34.0 Å². The number of allylic oxidation sites excluding steroid dienone is 5. The lowest BCUT2D eigenvalue weighted by Crippen LogP contribution is -2.52. The first-order valence-corrected chi connectivity index (χ1v) is 12.8. The summed E-state index contributed by atoms with van der Waals surface area (Å²) in [7, 11) is 0. The fourth-order valence-electron chi connectivity index (χ4n) is 4.68. The maximum absolute atomic E-state index is 13.1. The smallest absolute Gasteiger partial charge is 0.416 e. The van der Waals surface area contributed by atoms with E-state index in [4.69, 9.17) is 4.74 Å². The third kappa shape index (κ3) is 6.92. The predicted molar refractivity (Wildman–Crippen MR) is 144 cm³/mol. The molecule has 2 aromatic rings. The second kappa shape index (κ2) is 12.2. The molecule has 1 fully saturated rings. The molecule has 0 bridgehead atoms. The number of carbonyl (C=O) groups is 4. The van der Waals surface area contributed by atoms with E-state index in [0.29, 0.717) is 27.8 Å². The van der Waals surface area contributed by atoms with E-state index in [9.17, 15) is 32.3 Å². The van der Waals surface area contributed by atoms with Gasteiger partial charge >= 0.3 is 12.3 Å². The van der Waals surface area contributed by atoms with Crippen LogP contribution in [0, 0.1) is 0 Å². The third-order valence-corrected chi connectivity index (χ3v) is 6.83. The molecule has 214 valence electrons. The Hall–Kier alpha value is -4.67. The van der Waals surface area contributed by atoms with E-state index in [1.807, 2.05) is 0 Å². The summed E-state index contributed by atoms with van der Waals surface area (Å²) in [6.45, 7) is 5.08. The van der Waals surface area contributed by atoms with Gasteiger partial charge in [-0.1, -0.05) is 49.1 Å². The van der Waals surface area contributed by atoms with Crippen molar-refractivity contribution in [3.8, 4) is 0 Å². The molecule has 4 amide bonds. The molecule has 2 aliphatic rings. The number of hydrogen-bond acceptors (Lipinski definition) is 5. The number of halogens is 3. The van der Waals surface area contributed by atoms with Gasteiger partial charge in [0.2, 0.25) is 11.8 Å². The zero-order valence-corrected chi connectivity index (χ0v) is 22.2. The van der Waals surface area contributed by atoms with Crippen LogP contribution in [0.1, 0.15) is 52.4 Å². The van der Waals surface area contributed by atoms with Crippen molar-refractivity contribution in [3.05, 3.63) is 101 Å². The molecule has 11 heteroatoms. The van der Waals surface area contributed by atoms with Crippen molar-refractivity contribution in [1.82, 2.24) is 15.5 Å². The van der Waals surface area contributed by atoms with Crippen LogP contribution >= 0.6 is 0 Å². The van der Waals surface area contributed by atoms with Crippen molar-refractivity contribution in [2.24, 2.45) is 0 Å². The van der Waals surface area contributed by atoms with Gasteiger partial charge in [0.25, 0.3) is 5.91 Å². The summed E-state index contributed by atoms with van der Waals surface area (Å²) in [6, 6.07) is 11.1. The van der Waals surface area contributed by atoms with Gasteiger partial charge in [-0.25, -0.2) is 4.79 Å². The number of alkyl carbamates (subject to hydrolysis) is 1. The van der Waals surface area contributed by atoms with E-state index in [1.54, 1.807) is 55.5 Å². The number of nitrogens with one attached hydrogen (secondary N) is 2. The highest BCUT2D eigenvalue weighted by Crippen LogP contribution is 2.30. The van der Waals surface area contributed by atoms with Crippen molar-refractivity contribution in [2.45, 2.75) is 51.7 Å². The lowest BCUT2D eigenvalue weighted by atomic mass is 10.0. The normalized spacial score (nSPS) is 17.7. The average molecular weight is 568 g/mol. The number of carbonyl (C=O) groups excluding carboxylic acids is 4. The van der Waals surface area contributed by atoms with Gasteiger partial charge in [0.15, 0.2) is 0 Å². The van der Waals surface area contributed by atoms with Gasteiger partial charge in [-0.2, -0.15) is 13.2 Å². The summed E-state index contributed by atoms with van der Waals surface area (Å²) >= 11 is 0. The molecule has 2 N–H and O–H groups in total. The lowest BCUT2D eigenvalue weighted by molar-refractivity contribution is -0.136. The second-order valence-corrected chi connectivity index (χ2v) is 9.57.